The van der Waals surface area contributed by atoms with E-state index in [1.807, 2.05) is 12.1 Å². The summed E-state index contributed by atoms with van der Waals surface area (Å²) in [6.45, 7) is 0. The molecule has 0 spiro atoms. The molecule has 2 aromatic heterocycles. The van der Waals surface area contributed by atoms with E-state index in [2.05, 4.69) is 216 Å². The zero-order valence-corrected chi connectivity index (χ0v) is 31.1. The van der Waals surface area contributed by atoms with Gasteiger partial charge in [-0.1, -0.05) is 146 Å². The van der Waals surface area contributed by atoms with Crippen molar-refractivity contribution in [2.24, 2.45) is 0 Å². The molecule has 0 radical (unpaired) electrons. The molecule has 3 nitrogen and oxygen atoms in total. The highest BCUT2D eigenvalue weighted by molar-refractivity contribution is 6.11. The van der Waals surface area contributed by atoms with Gasteiger partial charge in [0.25, 0.3) is 0 Å². The van der Waals surface area contributed by atoms with E-state index >= 15 is 0 Å². The van der Waals surface area contributed by atoms with Gasteiger partial charge in [-0.2, -0.15) is 0 Å². The molecule has 0 aliphatic carbocycles. The van der Waals surface area contributed by atoms with Gasteiger partial charge in [-0.05, 0) is 101 Å². The second-order valence-corrected chi connectivity index (χ2v) is 14.5. The largest absolute Gasteiger partial charge is 0.455 e. The van der Waals surface area contributed by atoms with Gasteiger partial charge < -0.3 is 13.9 Å². The van der Waals surface area contributed by atoms with Crippen LogP contribution in [0.4, 0.5) is 17.1 Å². The highest BCUT2D eigenvalue weighted by Crippen LogP contribution is 2.41. The molecule has 0 fully saturated rings. The second-order valence-electron chi connectivity index (χ2n) is 14.5. The van der Waals surface area contributed by atoms with Crippen LogP contribution < -0.4 is 4.90 Å². The maximum atomic E-state index is 6.42. The molecule has 0 aliphatic heterocycles. The van der Waals surface area contributed by atoms with Gasteiger partial charge in [-0.15, -0.1) is 0 Å². The molecule has 11 aromatic rings. The van der Waals surface area contributed by atoms with Crippen molar-refractivity contribution >= 4 is 60.8 Å². The smallest absolute Gasteiger partial charge is 0.143 e. The number of fused-ring (bicyclic) bond motifs is 6. The average Bonchev–Trinajstić information content (AvgIpc) is 3.83. The Balaban J connectivity index is 1.02. The third kappa shape index (κ3) is 5.68. The molecule has 0 saturated carbocycles. The summed E-state index contributed by atoms with van der Waals surface area (Å²) in [7, 11) is 0. The lowest BCUT2D eigenvalue weighted by molar-refractivity contribution is 0.670. The minimum atomic E-state index is 0.905. The van der Waals surface area contributed by atoms with Crippen molar-refractivity contribution < 1.29 is 4.42 Å². The van der Waals surface area contributed by atoms with Crippen molar-refractivity contribution in [1.29, 1.82) is 0 Å². The maximum absolute atomic E-state index is 6.42. The molecular weight excluding hydrogens is 693 g/mol. The topological polar surface area (TPSA) is 21.3 Å². The lowest BCUT2D eigenvalue weighted by Gasteiger charge is -2.26. The number of hydrogen-bond acceptors (Lipinski definition) is 2. The van der Waals surface area contributed by atoms with Crippen molar-refractivity contribution in [2.75, 3.05) is 4.90 Å². The van der Waals surface area contributed by atoms with E-state index in [4.69, 9.17) is 4.42 Å². The number of nitrogens with zero attached hydrogens (tertiary/aromatic N) is 2. The van der Waals surface area contributed by atoms with Crippen LogP contribution in [0.3, 0.4) is 0 Å². The zero-order valence-electron chi connectivity index (χ0n) is 31.1. The molecule has 2 heterocycles. The van der Waals surface area contributed by atoms with Crippen LogP contribution in [0.15, 0.2) is 223 Å². The van der Waals surface area contributed by atoms with Gasteiger partial charge >= 0.3 is 0 Å². The van der Waals surface area contributed by atoms with Gasteiger partial charge in [0.15, 0.2) is 0 Å². The van der Waals surface area contributed by atoms with E-state index in [1.54, 1.807) is 0 Å². The van der Waals surface area contributed by atoms with Crippen molar-refractivity contribution in [1.82, 2.24) is 4.57 Å². The Hall–Kier alpha value is -7.62. The van der Waals surface area contributed by atoms with Crippen molar-refractivity contribution in [3.63, 3.8) is 0 Å². The fourth-order valence-corrected chi connectivity index (χ4v) is 8.48. The summed E-state index contributed by atoms with van der Waals surface area (Å²) in [6.07, 6.45) is 0. The highest BCUT2D eigenvalue weighted by atomic mass is 16.3. The van der Waals surface area contributed by atoms with E-state index in [-0.39, 0.29) is 0 Å². The average molecular weight is 729 g/mol. The molecule has 57 heavy (non-hydrogen) atoms. The number of para-hydroxylation sites is 4. The minimum Gasteiger partial charge on any atom is -0.455 e. The van der Waals surface area contributed by atoms with Gasteiger partial charge in [-0.3, -0.25) is 0 Å². The summed E-state index contributed by atoms with van der Waals surface area (Å²) in [5.41, 5.74) is 15.5. The zero-order chi connectivity index (χ0) is 37.7. The van der Waals surface area contributed by atoms with E-state index in [0.717, 1.165) is 61.4 Å². The molecule has 0 saturated heterocycles. The summed E-state index contributed by atoms with van der Waals surface area (Å²) >= 11 is 0. The van der Waals surface area contributed by atoms with Crippen LogP contribution in [0.2, 0.25) is 0 Å². The Morgan fingerprint density at radius 3 is 1.68 bits per heavy atom. The Labute approximate surface area is 330 Å². The lowest BCUT2D eigenvalue weighted by Crippen LogP contribution is -2.10. The minimum absolute atomic E-state index is 0.905. The molecule has 3 heteroatoms. The summed E-state index contributed by atoms with van der Waals surface area (Å²) in [6, 6.07) is 78.1. The molecular formula is C54H36N2O. The van der Waals surface area contributed by atoms with Crippen LogP contribution >= 0.6 is 0 Å². The molecule has 0 aliphatic rings. The fraction of sp³-hybridized carbons (Fsp3) is 0. The number of hydrogen-bond donors (Lipinski definition) is 0. The molecule has 0 N–H and O–H groups in total. The van der Waals surface area contributed by atoms with Gasteiger partial charge in [0.1, 0.15) is 11.2 Å². The van der Waals surface area contributed by atoms with Crippen LogP contribution in [-0.2, 0) is 0 Å². The normalized spacial score (nSPS) is 11.5. The Kier molecular flexibility index (Phi) is 7.82. The molecule has 9 aromatic carbocycles. The summed E-state index contributed by atoms with van der Waals surface area (Å²) < 4.78 is 8.78. The van der Waals surface area contributed by atoms with Gasteiger partial charge in [0.05, 0.1) is 11.0 Å². The maximum Gasteiger partial charge on any atom is 0.143 e. The molecule has 0 bridgehead atoms. The van der Waals surface area contributed by atoms with E-state index in [0.29, 0.717) is 0 Å². The van der Waals surface area contributed by atoms with Gasteiger partial charge in [0, 0.05) is 49.9 Å². The number of furan rings is 1. The lowest BCUT2D eigenvalue weighted by atomic mass is 10.0. The second kappa shape index (κ2) is 13.6. The predicted octanol–water partition coefficient (Wildman–Crippen LogP) is 15.2. The molecule has 11 rings (SSSR count). The number of anilines is 3. The third-order valence-corrected chi connectivity index (χ3v) is 11.2. The standard InChI is InChI=1S/C54H36N2O/c1-3-13-37(14-4-1)38-25-30-43(31-26-38)55(44-32-27-39(28-33-44)46-21-12-22-49-48-20-8-10-24-53(48)57-54(46)49)45-18-11-15-40(35-45)41-29-34-52-50(36-41)47-19-7-9-23-51(47)56(52)42-16-5-2-6-17-42/h1-36H. The first-order valence-electron chi connectivity index (χ1n) is 19.4. The summed E-state index contributed by atoms with van der Waals surface area (Å²) in [5.74, 6) is 0. The van der Waals surface area contributed by atoms with Gasteiger partial charge in [0.2, 0.25) is 0 Å². The fourth-order valence-electron chi connectivity index (χ4n) is 8.48. The number of aromatic nitrogens is 1. The molecule has 0 unspecified atom stereocenters. The molecule has 0 atom stereocenters. The number of rotatable bonds is 7. The summed E-state index contributed by atoms with van der Waals surface area (Å²) in [4.78, 5) is 2.35. The molecule has 0 amide bonds. The Morgan fingerprint density at radius 1 is 0.333 bits per heavy atom. The SMILES string of the molecule is c1ccc(-c2ccc(N(c3ccc(-c4cccc5c4oc4ccccc45)cc3)c3cccc(-c4ccc5c(c4)c4ccccc4n5-c4ccccc4)c3)cc2)cc1. The third-order valence-electron chi connectivity index (χ3n) is 11.2. The van der Waals surface area contributed by atoms with Crippen LogP contribution in [0.25, 0.3) is 82.8 Å². The molecule has 268 valence electrons. The number of benzene rings is 9. The van der Waals surface area contributed by atoms with Gasteiger partial charge in [-0.25, -0.2) is 0 Å². The van der Waals surface area contributed by atoms with Crippen molar-refractivity contribution in [3.05, 3.63) is 218 Å². The van der Waals surface area contributed by atoms with Crippen LogP contribution in [-0.4, -0.2) is 4.57 Å². The van der Waals surface area contributed by atoms with Crippen molar-refractivity contribution in [3.8, 4) is 39.1 Å². The first kappa shape index (κ1) is 32.8. The predicted molar refractivity (Wildman–Crippen MR) is 239 cm³/mol. The van der Waals surface area contributed by atoms with Crippen molar-refractivity contribution in [2.45, 2.75) is 0 Å². The van der Waals surface area contributed by atoms with E-state index < -0.39 is 0 Å². The first-order chi connectivity index (χ1) is 28.3. The van der Waals surface area contributed by atoms with E-state index in [1.165, 1.54) is 38.5 Å². The summed E-state index contributed by atoms with van der Waals surface area (Å²) in [5, 5.41) is 4.75. The van der Waals surface area contributed by atoms with Crippen LogP contribution in [0.1, 0.15) is 0 Å². The highest BCUT2D eigenvalue weighted by Gasteiger charge is 2.18. The quantitative estimate of drug-likeness (QED) is 0.163. The Morgan fingerprint density at radius 2 is 0.895 bits per heavy atom. The first-order valence-corrected chi connectivity index (χ1v) is 19.4. The van der Waals surface area contributed by atoms with Crippen LogP contribution in [0, 0.1) is 0 Å². The van der Waals surface area contributed by atoms with Crippen LogP contribution in [0.5, 0.6) is 0 Å². The Bertz CT molecular complexity index is 3210. The monoisotopic (exact) mass is 728 g/mol. The van der Waals surface area contributed by atoms with E-state index in [9.17, 15) is 0 Å².